The minimum atomic E-state index is -4.49. The van der Waals surface area contributed by atoms with Crippen LogP contribution in [-0.2, 0) is 29.7 Å². The summed E-state index contributed by atoms with van der Waals surface area (Å²) in [6, 6.07) is 3.65. The lowest BCUT2D eigenvalue weighted by Gasteiger charge is -2.18. The third-order valence-electron chi connectivity index (χ3n) is 4.04. The molecular weight excluding hydrogens is 312 g/mol. The SMILES string of the molecule is CCCCc1ccc(OS(=O)(=O)O)c(CCCC)c1CCCC. The summed E-state index contributed by atoms with van der Waals surface area (Å²) < 4.78 is 36.2. The van der Waals surface area contributed by atoms with Crippen LogP contribution in [0.25, 0.3) is 0 Å². The minimum Gasteiger partial charge on any atom is -0.362 e. The number of rotatable bonds is 11. The number of hydrogen-bond donors (Lipinski definition) is 1. The van der Waals surface area contributed by atoms with Crippen LogP contribution in [0.1, 0.15) is 76.0 Å². The molecule has 132 valence electrons. The maximum Gasteiger partial charge on any atom is 0.446 e. The average Bonchev–Trinajstić information content (AvgIpc) is 2.49. The van der Waals surface area contributed by atoms with E-state index in [0.29, 0.717) is 0 Å². The van der Waals surface area contributed by atoms with E-state index in [0.717, 1.165) is 63.4 Å². The van der Waals surface area contributed by atoms with Crippen LogP contribution in [0.3, 0.4) is 0 Å². The van der Waals surface area contributed by atoms with Crippen LogP contribution in [0.2, 0.25) is 0 Å². The van der Waals surface area contributed by atoms with Gasteiger partial charge >= 0.3 is 10.4 Å². The van der Waals surface area contributed by atoms with Crippen LogP contribution in [0, 0.1) is 0 Å². The molecule has 0 atom stereocenters. The Morgan fingerprint density at radius 1 is 0.870 bits per heavy atom. The summed E-state index contributed by atoms with van der Waals surface area (Å²) in [6.07, 6.45) is 9.09. The van der Waals surface area contributed by atoms with Crippen molar-refractivity contribution in [1.82, 2.24) is 0 Å². The molecule has 0 aromatic heterocycles. The summed E-state index contributed by atoms with van der Waals surface area (Å²) in [6.45, 7) is 6.42. The van der Waals surface area contributed by atoms with Crippen molar-refractivity contribution in [3.63, 3.8) is 0 Å². The first-order chi connectivity index (χ1) is 10.9. The van der Waals surface area contributed by atoms with Gasteiger partial charge < -0.3 is 4.18 Å². The Bertz CT molecular complexity index is 579. The standard InChI is InChI=1S/C18H30O4S/c1-4-7-10-15-13-14-18(22-23(19,20)21)17(12-9-6-3)16(15)11-8-5-2/h13-14H,4-12H2,1-3H3,(H,19,20,21). The predicted octanol–water partition coefficient (Wildman–Crippen LogP) is 4.90. The van der Waals surface area contributed by atoms with Crippen molar-refractivity contribution in [1.29, 1.82) is 0 Å². The minimum absolute atomic E-state index is 0.285. The van der Waals surface area contributed by atoms with Crippen molar-refractivity contribution in [2.75, 3.05) is 0 Å². The van der Waals surface area contributed by atoms with Gasteiger partial charge in [0.25, 0.3) is 0 Å². The third kappa shape index (κ3) is 6.92. The Morgan fingerprint density at radius 3 is 1.91 bits per heavy atom. The molecule has 0 unspecified atom stereocenters. The summed E-state index contributed by atoms with van der Waals surface area (Å²) in [5.74, 6) is 0.285. The Kier molecular flexibility index (Phi) is 8.63. The molecule has 0 bridgehead atoms. The maximum atomic E-state index is 11.1. The average molecular weight is 343 g/mol. The smallest absolute Gasteiger partial charge is 0.362 e. The molecule has 5 heteroatoms. The molecule has 0 heterocycles. The van der Waals surface area contributed by atoms with E-state index in [4.69, 9.17) is 8.74 Å². The van der Waals surface area contributed by atoms with Crippen LogP contribution in [-0.4, -0.2) is 13.0 Å². The van der Waals surface area contributed by atoms with E-state index in [2.05, 4.69) is 20.8 Å². The van der Waals surface area contributed by atoms with E-state index in [-0.39, 0.29) is 5.75 Å². The van der Waals surface area contributed by atoms with Crippen molar-refractivity contribution in [2.24, 2.45) is 0 Å². The quantitative estimate of drug-likeness (QED) is 0.581. The second kappa shape index (κ2) is 9.93. The summed E-state index contributed by atoms with van der Waals surface area (Å²) in [7, 11) is -4.49. The molecule has 23 heavy (non-hydrogen) atoms. The Hall–Kier alpha value is -1.07. The van der Waals surface area contributed by atoms with Gasteiger partial charge in [-0.3, -0.25) is 4.55 Å². The van der Waals surface area contributed by atoms with Gasteiger partial charge in [0, 0.05) is 0 Å². The molecule has 1 N–H and O–H groups in total. The monoisotopic (exact) mass is 342 g/mol. The van der Waals surface area contributed by atoms with Gasteiger partial charge in [-0.2, -0.15) is 8.42 Å². The summed E-state index contributed by atoms with van der Waals surface area (Å²) in [5.41, 5.74) is 3.45. The molecule has 0 aliphatic rings. The molecular formula is C18H30O4S. The summed E-state index contributed by atoms with van der Waals surface area (Å²) in [5, 5.41) is 0. The molecule has 0 radical (unpaired) electrons. The molecule has 1 aromatic carbocycles. The van der Waals surface area contributed by atoms with Gasteiger partial charge in [0.1, 0.15) is 5.75 Å². The first-order valence-corrected chi connectivity index (χ1v) is 10.1. The fourth-order valence-electron chi connectivity index (χ4n) is 2.81. The van der Waals surface area contributed by atoms with E-state index in [9.17, 15) is 8.42 Å². The van der Waals surface area contributed by atoms with Gasteiger partial charge in [-0.15, -0.1) is 0 Å². The highest BCUT2D eigenvalue weighted by molar-refractivity contribution is 7.81. The van der Waals surface area contributed by atoms with Crippen molar-refractivity contribution in [3.05, 3.63) is 28.8 Å². The highest BCUT2D eigenvalue weighted by atomic mass is 32.3. The maximum absolute atomic E-state index is 11.1. The third-order valence-corrected chi connectivity index (χ3v) is 4.43. The number of unbranched alkanes of at least 4 members (excludes halogenated alkanes) is 3. The van der Waals surface area contributed by atoms with Crippen molar-refractivity contribution in [3.8, 4) is 5.75 Å². The van der Waals surface area contributed by atoms with Gasteiger partial charge in [-0.05, 0) is 61.3 Å². The molecule has 0 aliphatic heterocycles. The fraction of sp³-hybridized carbons (Fsp3) is 0.667. The van der Waals surface area contributed by atoms with Crippen molar-refractivity contribution < 1.29 is 17.2 Å². The molecule has 0 saturated heterocycles. The number of aryl methyl sites for hydroxylation is 1. The lowest BCUT2D eigenvalue weighted by Crippen LogP contribution is -2.11. The van der Waals surface area contributed by atoms with Crippen molar-refractivity contribution >= 4 is 10.4 Å². The van der Waals surface area contributed by atoms with Crippen molar-refractivity contribution in [2.45, 2.75) is 78.6 Å². The Labute approximate surface area is 141 Å². The first-order valence-electron chi connectivity index (χ1n) is 8.73. The zero-order valence-corrected chi connectivity index (χ0v) is 15.4. The number of benzene rings is 1. The van der Waals surface area contributed by atoms with E-state index in [1.54, 1.807) is 6.07 Å². The fourth-order valence-corrected chi connectivity index (χ4v) is 3.19. The second-order valence-corrected chi connectivity index (χ2v) is 7.02. The van der Waals surface area contributed by atoms with Gasteiger partial charge in [0.15, 0.2) is 0 Å². The van der Waals surface area contributed by atoms with Crippen LogP contribution < -0.4 is 4.18 Å². The highest BCUT2D eigenvalue weighted by Crippen LogP contribution is 2.31. The van der Waals surface area contributed by atoms with E-state index < -0.39 is 10.4 Å². The van der Waals surface area contributed by atoms with E-state index >= 15 is 0 Å². The highest BCUT2D eigenvalue weighted by Gasteiger charge is 2.17. The predicted molar refractivity (Wildman–Crippen MR) is 94.5 cm³/mol. The zero-order chi connectivity index (χ0) is 17.3. The lowest BCUT2D eigenvalue weighted by atomic mass is 9.90. The van der Waals surface area contributed by atoms with Gasteiger partial charge in [-0.1, -0.05) is 46.1 Å². The summed E-state index contributed by atoms with van der Waals surface area (Å²) >= 11 is 0. The zero-order valence-electron chi connectivity index (χ0n) is 14.6. The normalized spacial score (nSPS) is 11.7. The van der Waals surface area contributed by atoms with Gasteiger partial charge in [-0.25, -0.2) is 0 Å². The van der Waals surface area contributed by atoms with Crippen LogP contribution in [0.4, 0.5) is 0 Å². The van der Waals surface area contributed by atoms with Crippen LogP contribution in [0.5, 0.6) is 5.75 Å². The topological polar surface area (TPSA) is 63.6 Å². The van der Waals surface area contributed by atoms with E-state index in [1.165, 1.54) is 11.1 Å². The van der Waals surface area contributed by atoms with E-state index in [1.807, 2.05) is 6.07 Å². The largest absolute Gasteiger partial charge is 0.446 e. The lowest BCUT2D eigenvalue weighted by molar-refractivity contribution is 0.384. The molecule has 0 fully saturated rings. The molecule has 0 saturated carbocycles. The van der Waals surface area contributed by atoms with Gasteiger partial charge in [0.2, 0.25) is 0 Å². The summed E-state index contributed by atoms with van der Waals surface area (Å²) in [4.78, 5) is 0. The Morgan fingerprint density at radius 2 is 1.39 bits per heavy atom. The second-order valence-electron chi connectivity index (χ2n) is 6.00. The Balaban J connectivity index is 3.28. The van der Waals surface area contributed by atoms with Gasteiger partial charge in [0.05, 0.1) is 0 Å². The van der Waals surface area contributed by atoms with Crippen LogP contribution in [0.15, 0.2) is 12.1 Å². The molecule has 0 amide bonds. The first kappa shape index (κ1) is 20.0. The molecule has 1 aromatic rings. The molecule has 0 spiro atoms. The molecule has 4 nitrogen and oxygen atoms in total. The molecule has 1 rings (SSSR count). The molecule has 0 aliphatic carbocycles. The number of hydrogen-bond acceptors (Lipinski definition) is 3. The van der Waals surface area contributed by atoms with Crippen LogP contribution >= 0.6 is 0 Å².